The second-order valence-corrected chi connectivity index (χ2v) is 8.98. The number of carbonyl (C=O) groups is 2. The van der Waals surface area contributed by atoms with Crippen molar-refractivity contribution in [2.45, 2.75) is 39.5 Å². The summed E-state index contributed by atoms with van der Waals surface area (Å²) in [5.41, 5.74) is 2.59. The molecule has 2 aromatic carbocycles. The van der Waals surface area contributed by atoms with Gasteiger partial charge in [-0.25, -0.2) is 0 Å². The fraction of sp³-hybridized carbons (Fsp3) is 0.280. The number of aliphatic carboxylic acids is 1. The molecular formula is C25H24F3NO4S. The lowest BCUT2D eigenvalue weighted by atomic mass is 9.94. The summed E-state index contributed by atoms with van der Waals surface area (Å²) in [5.74, 6) is -0.708. The first kappa shape index (κ1) is 25.3. The molecule has 0 aliphatic carbocycles. The Balaban J connectivity index is 1.71. The summed E-state index contributed by atoms with van der Waals surface area (Å²) in [6, 6.07) is 12.2. The smallest absolute Gasteiger partial charge is 0.416 e. The van der Waals surface area contributed by atoms with Crippen LogP contribution in [0.15, 0.2) is 48.5 Å². The van der Waals surface area contributed by atoms with Gasteiger partial charge < -0.3 is 15.2 Å². The number of hydrogen-bond acceptors (Lipinski definition) is 4. The van der Waals surface area contributed by atoms with Gasteiger partial charge in [-0.15, -0.1) is 11.3 Å². The minimum Gasteiger partial charge on any atom is -0.485 e. The van der Waals surface area contributed by atoms with Gasteiger partial charge in [0, 0.05) is 11.4 Å². The quantitative estimate of drug-likeness (QED) is 0.383. The van der Waals surface area contributed by atoms with Gasteiger partial charge in [0.15, 0.2) is 0 Å². The van der Waals surface area contributed by atoms with E-state index in [0.29, 0.717) is 16.2 Å². The van der Waals surface area contributed by atoms with Crippen molar-refractivity contribution in [2.24, 2.45) is 0 Å². The maximum absolute atomic E-state index is 12.9. The highest BCUT2D eigenvalue weighted by Crippen LogP contribution is 2.36. The van der Waals surface area contributed by atoms with Crippen LogP contribution in [-0.2, 0) is 11.0 Å². The molecule has 3 aromatic rings. The maximum atomic E-state index is 12.9. The van der Waals surface area contributed by atoms with Gasteiger partial charge in [0.05, 0.1) is 16.9 Å². The van der Waals surface area contributed by atoms with E-state index in [0.717, 1.165) is 33.7 Å². The van der Waals surface area contributed by atoms with E-state index in [1.165, 1.54) is 23.5 Å². The molecule has 1 atom stereocenters. The fourth-order valence-corrected chi connectivity index (χ4v) is 4.50. The zero-order valence-electron chi connectivity index (χ0n) is 18.8. The molecule has 0 fully saturated rings. The van der Waals surface area contributed by atoms with Gasteiger partial charge >= 0.3 is 12.1 Å². The van der Waals surface area contributed by atoms with Crippen LogP contribution in [-0.4, -0.2) is 23.5 Å². The van der Waals surface area contributed by atoms with Gasteiger partial charge in [0.1, 0.15) is 11.9 Å². The van der Waals surface area contributed by atoms with Gasteiger partial charge in [0.2, 0.25) is 0 Å². The number of amides is 1. The fourth-order valence-electron chi connectivity index (χ4n) is 3.60. The predicted molar refractivity (Wildman–Crippen MR) is 124 cm³/mol. The number of benzene rings is 2. The number of thiophene rings is 1. The standard InChI is InChI=1S/C25H24F3NO4S/c1-14-12-19(13-15(2)23(14)17-4-6-18(7-5-17)25(26,27)28)33-16(3)20-8-9-21(34-20)24(32)29-11-10-22(30)31/h4-9,12-13,16H,10-11H2,1-3H3,(H,29,32)(H,30,31). The SMILES string of the molecule is Cc1cc(OC(C)c2ccc(C(=O)NCCC(=O)O)s2)cc(C)c1-c1ccc(C(F)(F)F)cc1. The number of rotatable bonds is 8. The van der Waals surface area contributed by atoms with E-state index in [2.05, 4.69) is 5.32 Å². The van der Waals surface area contributed by atoms with Crippen LogP contribution in [0.4, 0.5) is 13.2 Å². The Bertz CT molecular complexity index is 1160. The lowest BCUT2D eigenvalue weighted by molar-refractivity contribution is -0.138. The number of hydrogen-bond donors (Lipinski definition) is 2. The topological polar surface area (TPSA) is 75.6 Å². The maximum Gasteiger partial charge on any atom is 0.416 e. The van der Waals surface area contributed by atoms with E-state index in [1.54, 1.807) is 12.1 Å². The Morgan fingerprint density at radius 3 is 2.24 bits per heavy atom. The monoisotopic (exact) mass is 491 g/mol. The van der Waals surface area contributed by atoms with Crippen molar-refractivity contribution in [3.8, 4) is 16.9 Å². The van der Waals surface area contributed by atoms with Crippen LogP contribution in [0.2, 0.25) is 0 Å². The molecule has 2 N–H and O–H groups in total. The van der Waals surface area contributed by atoms with Crippen molar-refractivity contribution in [1.29, 1.82) is 0 Å². The molecule has 180 valence electrons. The summed E-state index contributed by atoms with van der Waals surface area (Å²) < 4.78 is 44.7. The largest absolute Gasteiger partial charge is 0.485 e. The Kier molecular flexibility index (Phi) is 7.66. The van der Waals surface area contributed by atoms with Crippen molar-refractivity contribution >= 4 is 23.2 Å². The number of carbonyl (C=O) groups excluding carboxylic acids is 1. The molecule has 9 heteroatoms. The van der Waals surface area contributed by atoms with Crippen molar-refractivity contribution < 1.29 is 32.6 Å². The summed E-state index contributed by atoms with van der Waals surface area (Å²) in [6.07, 6.45) is -4.87. The Hall–Kier alpha value is -3.33. The highest BCUT2D eigenvalue weighted by atomic mass is 32.1. The van der Waals surface area contributed by atoms with E-state index in [-0.39, 0.29) is 25.0 Å². The van der Waals surface area contributed by atoms with Gasteiger partial charge in [-0.3, -0.25) is 9.59 Å². The number of aryl methyl sites for hydroxylation is 2. The number of carboxylic acids is 1. The van der Waals surface area contributed by atoms with Crippen LogP contribution in [0, 0.1) is 13.8 Å². The predicted octanol–water partition coefficient (Wildman–Crippen LogP) is 6.40. The number of carboxylic acid groups (broad SMARTS) is 1. The molecule has 0 spiro atoms. The average molecular weight is 492 g/mol. The van der Waals surface area contributed by atoms with E-state index >= 15 is 0 Å². The first-order chi connectivity index (χ1) is 16.0. The molecule has 0 bridgehead atoms. The Morgan fingerprint density at radius 1 is 1.06 bits per heavy atom. The van der Waals surface area contributed by atoms with Crippen molar-refractivity contribution in [1.82, 2.24) is 5.32 Å². The van der Waals surface area contributed by atoms with Crippen LogP contribution >= 0.6 is 11.3 Å². The molecule has 5 nitrogen and oxygen atoms in total. The Labute approximate surface area is 199 Å². The van der Waals surface area contributed by atoms with Gasteiger partial charge in [-0.05, 0) is 79.4 Å². The molecule has 1 amide bonds. The molecule has 1 unspecified atom stereocenters. The lowest BCUT2D eigenvalue weighted by Crippen LogP contribution is -2.25. The van der Waals surface area contributed by atoms with Gasteiger partial charge in [-0.2, -0.15) is 13.2 Å². The minimum absolute atomic E-state index is 0.0529. The van der Waals surface area contributed by atoms with E-state index in [4.69, 9.17) is 9.84 Å². The zero-order valence-corrected chi connectivity index (χ0v) is 19.6. The highest BCUT2D eigenvalue weighted by molar-refractivity contribution is 7.14. The first-order valence-electron chi connectivity index (χ1n) is 10.5. The summed E-state index contributed by atoms with van der Waals surface area (Å²) in [7, 11) is 0. The summed E-state index contributed by atoms with van der Waals surface area (Å²) >= 11 is 1.26. The van der Waals surface area contributed by atoms with Crippen molar-refractivity contribution in [3.63, 3.8) is 0 Å². The van der Waals surface area contributed by atoms with Gasteiger partial charge in [0.25, 0.3) is 5.91 Å². The van der Waals surface area contributed by atoms with E-state index in [1.807, 2.05) is 32.9 Å². The third-order valence-electron chi connectivity index (χ3n) is 5.20. The summed E-state index contributed by atoms with van der Waals surface area (Å²) in [5, 5.41) is 11.2. The van der Waals surface area contributed by atoms with Crippen molar-refractivity contribution in [3.05, 3.63) is 75.0 Å². The molecule has 3 rings (SSSR count). The molecule has 0 aliphatic heterocycles. The molecule has 0 aliphatic rings. The molecule has 0 radical (unpaired) electrons. The second kappa shape index (κ2) is 10.3. The number of nitrogens with one attached hydrogen (secondary N) is 1. The molecule has 0 saturated carbocycles. The van der Waals surface area contributed by atoms with Gasteiger partial charge in [-0.1, -0.05) is 12.1 Å². The molecule has 1 heterocycles. The first-order valence-corrected chi connectivity index (χ1v) is 11.3. The average Bonchev–Trinajstić information content (AvgIpc) is 3.23. The number of alkyl halides is 3. The third-order valence-corrected chi connectivity index (χ3v) is 6.44. The lowest BCUT2D eigenvalue weighted by Gasteiger charge is -2.17. The third kappa shape index (κ3) is 6.17. The van der Waals surface area contributed by atoms with E-state index in [9.17, 15) is 22.8 Å². The molecular weight excluding hydrogens is 467 g/mol. The van der Waals surface area contributed by atoms with Crippen LogP contribution in [0.5, 0.6) is 5.75 Å². The number of halogens is 3. The van der Waals surface area contributed by atoms with Crippen LogP contribution in [0.25, 0.3) is 11.1 Å². The van der Waals surface area contributed by atoms with Crippen LogP contribution in [0.3, 0.4) is 0 Å². The molecule has 1 aromatic heterocycles. The van der Waals surface area contributed by atoms with Crippen molar-refractivity contribution in [2.75, 3.05) is 6.54 Å². The number of ether oxygens (including phenoxy) is 1. The highest BCUT2D eigenvalue weighted by Gasteiger charge is 2.30. The molecule has 34 heavy (non-hydrogen) atoms. The van der Waals surface area contributed by atoms with Crippen LogP contribution in [0.1, 0.15) is 50.7 Å². The Morgan fingerprint density at radius 2 is 1.68 bits per heavy atom. The van der Waals surface area contributed by atoms with Crippen LogP contribution < -0.4 is 10.1 Å². The van der Waals surface area contributed by atoms with E-state index < -0.39 is 17.7 Å². The molecule has 0 saturated heterocycles. The normalized spacial score (nSPS) is 12.3. The second-order valence-electron chi connectivity index (χ2n) is 7.87. The summed E-state index contributed by atoms with van der Waals surface area (Å²) in [4.78, 5) is 24.0. The summed E-state index contributed by atoms with van der Waals surface area (Å²) in [6.45, 7) is 5.66. The minimum atomic E-state index is -4.38. The zero-order chi connectivity index (χ0) is 25.0.